The Labute approximate surface area is 128 Å². The lowest BCUT2D eigenvalue weighted by Gasteiger charge is -2.43. The van der Waals surface area contributed by atoms with Crippen LogP contribution in [0.5, 0.6) is 0 Å². The van der Waals surface area contributed by atoms with Crippen LogP contribution in [-0.2, 0) is 11.8 Å². The van der Waals surface area contributed by atoms with Crippen LogP contribution in [0, 0.1) is 0 Å². The van der Waals surface area contributed by atoms with Gasteiger partial charge in [0.15, 0.2) is 0 Å². The Bertz CT molecular complexity index is 565. The third-order valence-electron chi connectivity index (χ3n) is 5.04. The highest BCUT2D eigenvalue weighted by atomic mass is 15.1. The molecule has 0 bridgehead atoms. The van der Waals surface area contributed by atoms with Crippen LogP contribution < -0.4 is 4.90 Å². The molecule has 2 aromatic carbocycles. The van der Waals surface area contributed by atoms with E-state index in [1.807, 2.05) is 0 Å². The highest BCUT2D eigenvalue weighted by Gasteiger charge is 2.37. The van der Waals surface area contributed by atoms with E-state index < -0.39 is 0 Å². The van der Waals surface area contributed by atoms with Crippen molar-refractivity contribution in [3.05, 3.63) is 65.7 Å². The summed E-state index contributed by atoms with van der Waals surface area (Å²) in [5, 5.41) is 0. The highest BCUT2D eigenvalue weighted by molar-refractivity contribution is 5.47. The van der Waals surface area contributed by atoms with Gasteiger partial charge < -0.3 is 4.90 Å². The van der Waals surface area contributed by atoms with Crippen LogP contribution in [0.4, 0.5) is 5.69 Å². The fourth-order valence-corrected chi connectivity index (χ4v) is 3.43. The first-order valence-corrected chi connectivity index (χ1v) is 8.01. The zero-order valence-corrected chi connectivity index (χ0v) is 13.2. The highest BCUT2D eigenvalue weighted by Crippen LogP contribution is 2.47. The summed E-state index contributed by atoms with van der Waals surface area (Å²) in [7, 11) is 4.20. The average Bonchev–Trinajstić information content (AvgIpc) is 2.48. The fourth-order valence-electron chi connectivity index (χ4n) is 3.43. The zero-order chi connectivity index (χ0) is 14.7. The third-order valence-corrected chi connectivity index (χ3v) is 5.04. The molecular formula is C20H25N. The first-order valence-electron chi connectivity index (χ1n) is 8.01. The van der Waals surface area contributed by atoms with Crippen molar-refractivity contribution >= 4 is 5.69 Å². The molecule has 0 amide bonds. The lowest BCUT2D eigenvalue weighted by molar-refractivity contribution is 0.226. The average molecular weight is 279 g/mol. The molecule has 3 rings (SSSR count). The first-order chi connectivity index (χ1) is 10.2. The van der Waals surface area contributed by atoms with Crippen LogP contribution in [0.25, 0.3) is 0 Å². The van der Waals surface area contributed by atoms with Gasteiger partial charge in [0.1, 0.15) is 0 Å². The van der Waals surface area contributed by atoms with Gasteiger partial charge >= 0.3 is 0 Å². The van der Waals surface area contributed by atoms with Crippen molar-refractivity contribution < 1.29 is 0 Å². The van der Waals surface area contributed by atoms with Gasteiger partial charge in [-0.1, -0.05) is 48.9 Å². The van der Waals surface area contributed by atoms with Gasteiger partial charge in [-0.2, -0.15) is 0 Å². The summed E-state index contributed by atoms with van der Waals surface area (Å²) < 4.78 is 0. The summed E-state index contributed by atoms with van der Waals surface area (Å²) in [5.41, 5.74) is 4.72. The Morgan fingerprint density at radius 2 is 1.57 bits per heavy atom. The number of hydrogen-bond acceptors (Lipinski definition) is 1. The van der Waals surface area contributed by atoms with Crippen molar-refractivity contribution in [1.82, 2.24) is 0 Å². The molecule has 0 heterocycles. The second kappa shape index (κ2) is 5.93. The van der Waals surface area contributed by atoms with E-state index in [1.54, 1.807) is 0 Å². The Morgan fingerprint density at radius 1 is 0.905 bits per heavy atom. The summed E-state index contributed by atoms with van der Waals surface area (Å²) in [5.74, 6) is 0. The monoisotopic (exact) mass is 279 g/mol. The van der Waals surface area contributed by atoms with E-state index in [0.717, 1.165) is 0 Å². The van der Waals surface area contributed by atoms with Gasteiger partial charge in [-0.3, -0.25) is 0 Å². The van der Waals surface area contributed by atoms with Gasteiger partial charge in [0.2, 0.25) is 0 Å². The van der Waals surface area contributed by atoms with Crippen molar-refractivity contribution in [2.45, 2.75) is 37.5 Å². The number of anilines is 1. The van der Waals surface area contributed by atoms with Gasteiger partial charge in [0.25, 0.3) is 0 Å². The molecule has 0 N–H and O–H groups in total. The van der Waals surface area contributed by atoms with E-state index in [0.29, 0.717) is 5.41 Å². The molecule has 0 saturated heterocycles. The minimum absolute atomic E-state index is 0.431. The third kappa shape index (κ3) is 2.97. The predicted octanol–water partition coefficient (Wildman–Crippen LogP) is 4.81. The Balaban J connectivity index is 1.74. The van der Waals surface area contributed by atoms with Crippen LogP contribution in [0.2, 0.25) is 0 Å². The number of aryl methyl sites for hydroxylation is 1. The van der Waals surface area contributed by atoms with E-state index in [1.165, 1.54) is 48.9 Å². The molecule has 2 aromatic rings. The van der Waals surface area contributed by atoms with Crippen LogP contribution in [0.3, 0.4) is 0 Å². The van der Waals surface area contributed by atoms with Crippen molar-refractivity contribution in [3.63, 3.8) is 0 Å². The summed E-state index contributed by atoms with van der Waals surface area (Å²) in [4.78, 5) is 2.17. The second-order valence-electron chi connectivity index (χ2n) is 6.56. The van der Waals surface area contributed by atoms with Crippen molar-refractivity contribution in [2.75, 3.05) is 19.0 Å². The SMILES string of the molecule is CN(C)c1ccc(C2(CCc3ccccc3)CCC2)cc1. The molecule has 1 aliphatic carbocycles. The molecule has 0 spiro atoms. The van der Waals surface area contributed by atoms with Gasteiger partial charge in [-0.15, -0.1) is 0 Å². The Kier molecular flexibility index (Phi) is 4.01. The largest absolute Gasteiger partial charge is 0.378 e. The molecule has 0 radical (unpaired) electrons. The number of benzene rings is 2. The van der Waals surface area contributed by atoms with E-state index in [4.69, 9.17) is 0 Å². The fraction of sp³-hybridized carbons (Fsp3) is 0.400. The van der Waals surface area contributed by atoms with Gasteiger partial charge in [0, 0.05) is 19.8 Å². The molecule has 1 nitrogen and oxygen atoms in total. The topological polar surface area (TPSA) is 3.24 Å². The lowest BCUT2D eigenvalue weighted by atomic mass is 9.62. The quantitative estimate of drug-likeness (QED) is 0.759. The minimum atomic E-state index is 0.431. The molecule has 1 fully saturated rings. The van der Waals surface area contributed by atoms with Crippen LogP contribution in [0.1, 0.15) is 36.8 Å². The first kappa shape index (κ1) is 14.2. The molecule has 1 saturated carbocycles. The second-order valence-corrected chi connectivity index (χ2v) is 6.56. The molecule has 0 aromatic heterocycles. The number of nitrogens with zero attached hydrogens (tertiary/aromatic N) is 1. The molecule has 110 valence electrons. The summed E-state index contributed by atoms with van der Waals surface area (Å²) in [6.45, 7) is 0. The van der Waals surface area contributed by atoms with Gasteiger partial charge in [0.05, 0.1) is 0 Å². The standard InChI is InChI=1S/C20H25N/c1-21(2)19-11-9-18(10-12-19)20(14-6-15-20)16-13-17-7-4-3-5-8-17/h3-5,7-12H,6,13-16H2,1-2H3. The molecule has 0 aliphatic heterocycles. The summed E-state index contributed by atoms with van der Waals surface area (Å²) in [6.07, 6.45) is 6.54. The maximum atomic E-state index is 2.35. The minimum Gasteiger partial charge on any atom is -0.378 e. The maximum absolute atomic E-state index is 2.35. The summed E-state index contributed by atoms with van der Waals surface area (Å²) in [6, 6.07) is 20.1. The van der Waals surface area contributed by atoms with Crippen molar-refractivity contribution in [3.8, 4) is 0 Å². The van der Waals surface area contributed by atoms with E-state index in [2.05, 4.69) is 73.6 Å². The smallest absolute Gasteiger partial charge is 0.0361 e. The molecule has 1 heteroatoms. The molecular weight excluding hydrogens is 254 g/mol. The van der Waals surface area contributed by atoms with Crippen LogP contribution in [0.15, 0.2) is 54.6 Å². The number of rotatable bonds is 5. The van der Waals surface area contributed by atoms with Crippen molar-refractivity contribution in [2.24, 2.45) is 0 Å². The number of hydrogen-bond donors (Lipinski definition) is 0. The van der Waals surface area contributed by atoms with E-state index in [-0.39, 0.29) is 0 Å². The Hall–Kier alpha value is -1.76. The van der Waals surface area contributed by atoms with E-state index >= 15 is 0 Å². The van der Waals surface area contributed by atoms with Crippen LogP contribution in [-0.4, -0.2) is 14.1 Å². The maximum Gasteiger partial charge on any atom is 0.0361 e. The molecule has 1 aliphatic rings. The predicted molar refractivity (Wildman–Crippen MR) is 91.1 cm³/mol. The molecule has 0 atom stereocenters. The lowest BCUT2D eigenvalue weighted by Crippen LogP contribution is -2.34. The molecule has 0 unspecified atom stereocenters. The Morgan fingerprint density at radius 3 is 2.10 bits per heavy atom. The molecule has 21 heavy (non-hydrogen) atoms. The van der Waals surface area contributed by atoms with Gasteiger partial charge in [-0.25, -0.2) is 0 Å². The zero-order valence-electron chi connectivity index (χ0n) is 13.2. The van der Waals surface area contributed by atoms with Crippen molar-refractivity contribution in [1.29, 1.82) is 0 Å². The normalized spacial score (nSPS) is 16.3. The van der Waals surface area contributed by atoms with E-state index in [9.17, 15) is 0 Å². The van der Waals surface area contributed by atoms with Crippen LogP contribution >= 0.6 is 0 Å². The van der Waals surface area contributed by atoms with Gasteiger partial charge in [-0.05, 0) is 54.4 Å². The summed E-state index contributed by atoms with van der Waals surface area (Å²) >= 11 is 0.